The van der Waals surface area contributed by atoms with Gasteiger partial charge in [-0.1, -0.05) is 12.1 Å². The monoisotopic (exact) mass is 370 g/mol. The first kappa shape index (κ1) is 16.5. The number of hydrogen-bond acceptors (Lipinski definition) is 7. The molecule has 0 aliphatic carbocycles. The van der Waals surface area contributed by atoms with Crippen LogP contribution in [0.5, 0.6) is 5.75 Å². The van der Waals surface area contributed by atoms with Gasteiger partial charge in [-0.15, -0.1) is 0 Å². The van der Waals surface area contributed by atoms with Gasteiger partial charge in [0.25, 0.3) is 0 Å². The summed E-state index contributed by atoms with van der Waals surface area (Å²) in [7, 11) is -3.31. The van der Waals surface area contributed by atoms with Crippen molar-refractivity contribution in [3.63, 3.8) is 0 Å². The van der Waals surface area contributed by atoms with Gasteiger partial charge in [-0.05, 0) is 17.7 Å². The van der Waals surface area contributed by atoms with E-state index in [1.807, 2.05) is 0 Å². The van der Waals surface area contributed by atoms with E-state index in [9.17, 15) is 13.2 Å². The number of aryl methyl sites for hydroxylation is 1. The van der Waals surface area contributed by atoms with Gasteiger partial charge in [-0.2, -0.15) is 0 Å². The van der Waals surface area contributed by atoms with Gasteiger partial charge in [-0.25, -0.2) is 18.4 Å². The smallest absolute Gasteiger partial charge is 0.311 e. The molecule has 1 aliphatic heterocycles. The average molecular weight is 370 g/mol. The van der Waals surface area contributed by atoms with Crippen molar-refractivity contribution in [3.05, 3.63) is 48.7 Å². The number of carbonyl (C=O) groups is 1. The third kappa shape index (κ3) is 2.88. The topological polar surface area (TPSA) is 99.4 Å². The van der Waals surface area contributed by atoms with Crippen LogP contribution in [0, 0.1) is 0 Å². The van der Waals surface area contributed by atoms with E-state index in [-0.39, 0.29) is 17.3 Å². The molecule has 0 fully saturated rings. The predicted octanol–water partition coefficient (Wildman–Crippen LogP) is 2.66. The van der Waals surface area contributed by atoms with Gasteiger partial charge in [0.2, 0.25) is 0 Å². The van der Waals surface area contributed by atoms with E-state index in [1.54, 1.807) is 24.5 Å². The lowest BCUT2D eigenvalue weighted by Gasteiger charge is -2.12. The average Bonchev–Trinajstić information content (AvgIpc) is 3.00. The summed E-state index contributed by atoms with van der Waals surface area (Å²) in [6.07, 6.45) is 6.46. The number of ether oxygens (including phenoxy) is 1. The highest BCUT2D eigenvalue weighted by molar-refractivity contribution is 7.90. The van der Waals surface area contributed by atoms with Gasteiger partial charge in [0.05, 0.1) is 22.4 Å². The van der Waals surface area contributed by atoms with E-state index in [2.05, 4.69) is 9.97 Å². The second kappa shape index (κ2) is 6.06. The Labute approximate surface area is 149 Å². The van der Waals surface area contributed by atoms with Crippen molar-refractivity contribution in [1.82, 2.24) is 9.97 Å². The van der Waals surface area contributed by atoms with Crippen molar-refractivity contribution in [3.8, 4) is 28.2 Å². The van der Waals surface area contributed by atoms with Gasteiger partial charge in [-0.3, -0.25) is 4.79 Å². The number of furan rings is 1. The van der Waals surface area contributed by atoms with Gasteiger partial charge >= 0.3 is 5.97 Å². The van der Waals surface area contributed by atoms with Gasteiger partial charge in [0.1, 0.15) is 17.8 Å². The molecule has 0 bridgehead atoms. The summed E-state index contributed by atoms with van der Waals surface area (Å²) < 4.78 is 34.8. The van der Waals surface area contributed by atoms with E-state index in [1.165, 1.54) is 18.5 Å². The minimum absolute atomic E-state index is 0.209. The Bertz CT molecular complexity index is 1090. The summed E-state index contributed by atoms with van der Waals surface area (Å²) in [5.74, 6) is 1.10. The molecule has 8 heteroatoms. The van der Waals surface area contributed by atoms with E-state index < -0.39 is 9.84 Å². The molecule has 0 N–H and O–H groups in total. The minimum Gasteiger partial charge on any atom is -0.456 e. The van der Waals surface area contributed by atoms with Crippen molar-refractivity contribution < 1.29 is 22.4 Å². The van der Waals surface area contributed by atoms with Gasteiger partial charge in [0, 0.05) is 25.1 Å². The predicted molar refractivity (Wildman–Crippen MR) is 92.2 cm³/mol. The Morgan fingerprint density at radius 1 is 1.00 bits per heavy atom. The van der Waals surface area contributed by atoms with Crippen molar-refractivity contribution >= 4 is 15.8 Å². The molecular weight excluding hydrogens is 356 g/mol. The number of rotatable bonds is 3. The summed E-state index contributed by atoms with van der Waals surface area (Å²) in [6, 6.07) is 6.36. The van der Waals surface area contributed by atoms with E-state index in [0.29, 0.717) is 40.4 Å². The number of nitrogens with zero attached hydrogens (tertiary/aromatic N) is 2. The zero-order chi connectivity index (χ0) is 18.3. The van der Waals surface area contributed by atoms with Crippen molar-refractivity contribution in [2.75, 3.05) is 6.26 Å². The Morgan fingerprint density at radius 2 is 1.69 bits per heavy atom. The second-order valence-electron chi connectivity index (χ2n) is 5.96. The molecule has 1 aliphatic rings. The largest absolute Gasteiger partial charge is 0.456 e. The molecule has 0 atom stereocenters. The number of carbonyl (C=O) groups excluding carboxylic acids is 1. The van der Waals surface area contributed by atoms with Crippen LogP contribution in [0.2, 0.25) is 0 Å². The second-order valence-corrected chi connectivity index (χ2v) is 7.97. The minimum atomic E-state index is -3.31. The van der Waals surface area contributed by atoms with Gasteiger partial charge < -0.3 is 9.15 Å². The maximum atomic E-state index is 11.8. The van der Waals surface area contributed by atoms with Crippen LogP contribution < -0.4 is 4.74 Å². The maximum Gasteiger partial charge on any atom is 0.311 e. The molecule has 4 rings (SSSR count). The van der Waals surface area contributed by atoms with Crippen molar-refractivity contribution in [2.24, 2.45) is 0 Å². The molecule has 0 amide bonds. The SMILES string of the molecule is CS(=O)(=O)c1ccc(-c2c(-c3cncnc3)oc3c2OC(=O)CC3)cc1. The first-order valence-electron chi connectivity index (χ1n) is 7.85. The molecule has 7 nitrogen and oxygen atoms in total. The Kier molecular flexibility index (Phi) is 3.84. The molecule has 2 aromatic heterocycles. The molecule has 26 heavy (non-hydrogen) atoms. The van der Waals surface area contributed by atoms with Crippen LogP contribution in [0.15, 0.2) is 52.3 Å². The maximum absolute atomic E-state index is 11.8. The lowest BCUT2D eigenvalue weighted by molar-refractivity contribution is -0.135. The molecule has 0 radical (unpaired) electrons. The van der Waals surface area contributed by atoms with Crippen molar-refractivity contribution in [2.45, 2.75) is 17.7 Å². The molecule has 132 valence electrons. The molecule has 3 aromatic rings. The first-order chi connectivity index (χ1) is 12.4. The number of esters is 1. The van der Waals surface area contributed by atoms with Gasteiger partial charge in [0.15, 0.2) is 15.6 Å². The standard InChI is InChI=1S/C18H14N2O5S/c1-26(22,23)13-4-2-11(3-5-13)16-17(12-8-19-10-20-9-12)24-14-6-7-15(21)25-18(14)16/h2-5,8-10H,6-7H2,1H3. The molecule has 0 saturated heterocycles. The Hall–Kier alpha value is -3.00. The first-order valence-corrected chi connectivity index (χ1v) is 9.75. The highest BCUT2D eigenvalue weighted by Crippen LogP contribution is 2.46. The molecular formula is C18H14N2O5S. The number of fused-ring (bicyclic) bond motifs is 1. The highest BCUT2D eigenvalue weighted by Gasteiger charge is 2.30. The van der Waals surface area contributed by atoms with Crippen LogP contribution in [0.25, 0.3) is 22.5 Å². The highest BCUT2D eigenvalue weighted by atomic mass is 32.2. The van der Waals surface area contributed by atoms with Crippen LogP contribution in [0.3, 0.4) is 0 Å². The number of sulfone groups is 1. The molecule has 1 aromatic carbocycles. The van der Waals surface area contributed by atoms with Crippen molar-refractivity contribution in [1.29, 1.82) is 0 Å². The molecule has 3 heterocycles. The molecule has 0 unspecified atom stereocenters. The fraction of sp³-hybridized carbons (Fsp3) is 0.167. The molecule has 0 saturated carbocycles. The lowest BCUT2D eigenvalue weighted by Crippen LogP contribution is -2.14. The van der Waals surface area contributed by atoms with Crippen LogP contribution >= 0.6 is 0 Å². The number of aromatic nitrogens is 2. The summed E-state index contributed by atoms with van der Waals surface area (Å²) in [6.45, 7) is 0. The van der Waals surface area contributed by atoms with Crippen LogP contribution in [-0.4, -0.2) is 30.6 Å². The summed E-state index contributed by atoms with van der Waals surface area (Å²) in [5.41, 5.74) is 1.90. The third-order valence-corrected chi connectivity index (χ3v) is 5.23. The third-order valence-electron chi connectivity index (χ3n) is 4.10. The molecule has 0 spiro atoms. The van der Waals surface area contributed by atoms with E-state index in [0.717, 1.165) is 6.26 Å². The normalized spacial score (nSPS) is 14.0. The Balaban J connectivity index is 1.91. The quantitative estimate of drug-likeness (QED) is 0.654. The van der Waals surface area contributed by atoms with Crippen LogP contribution in [0.4, 0.5) is 0 Å². The fourth-order valence-electron chi connectivity index (χ4n) is 2.87. The van der Waals surface area contributed by atoms with E-state index in [4.69, 9.17) is 9.15 Å². The fourth-order valence-corrected chi connectivity index (χ4v) is 3.50. The summed E-state index contributed by atoms with van der Waals surface area (Å²) in [4.78, 5) is 20.0. The van der Waals surface area contributed by atoms with Crippen LogP contribution in [0.1, 0.15) is 12.2 Å². The van der Waals surface area contributed by atoms with Crippen LogP contribution in [-0.2, 0) is 21.1 Å². The zero-order valence-corrected chi connectivity index (χ0v) is 14.6. The number of benzene rings is 1. The zero-order valence-electron chi connectivity index (χ0n) is 13.8. The van der Waals surface area contributed by atoms with E-state index >= 15 is 0 Å². The Morgan fingerprint density at radius 3 is 2.35 bits per heavy atom. The summed E-state index contributed by atoms with van der Waals surface area (Å²) in [5, 5.41) is 0. The summed E-state index contributed by atoms with van der Waals surface area (Å²) >= 11 is 0. The lowest BCUT2D eigenvalue weighted by atomic mass is 10.0. The number of hydrogen-bond donors (Lipinski definition) is 0.